The number of aromatic nitrogens is 2. The Morgan fingerprint density at radius 1 is 1.03 bits per heavy atom. The number of hydrogen-bond acceptors (Lipinski definition) is 13. The fourth-order valence-corrected chi connectivity index (χ4v) is 10.6. The highest BCUT2D eigenvalue weighted by Gasteiger charge is 2.35. The van der Waals surface area contributed by atoms with Crippen molar-refractivity contribution in [3.05, 3.63) is 117 Å². The largest absolute Gasteiger partial charge is 0.455 e. The second kappa shape index (κ2) is 19.6. The molecule has 3 aromatic carbocycles. The number of amides is 1. The Bertz CT molecular complexity index is 2900. The minimum atomic E-state index is -4.65. The number of alkyl halides is 3. The van der Waals surface area contributed by atoms with Gasteiger partial charge in [0.05, 0.1) is 46.5 Å². The molecule has 3 N–H and O–H groups in total. The monoisotopic (exact) mass is 992 g/mol. The van der Waals surface area contributed by atoms with Crippen LogP contribution in [0.4, 0.5) is 30.2 Å². The number of sulfonamides is 1. The van der Waals surface area contributed by atoms with E-state index in [1.807, 2.05) is 0 Å². The van der Waals surface area contributed by atoms with Crippen molar-refractivity contribution in [2.75, 3.05) is 75.8 Å². The van der Waals surface area contributed by atoms with Crippen molar-refractivity contribution in [1.29, 1.82) is 0 Å². The average Bonchev–Trinajstić information content (AvgIpc) is 3.76. The molecule has 0 radical (unpaired) electrons. The van der Waals surface area contributed by atoms with Gasteiger partial charge in [-0.2, -0.15) is 13.2 Å². The van der Waals surface area contributed by atoms with Crippen molar-refractivity contribution in [2.24, 2.45) is 5.41 Å². The van der Waals surface area contributed by atoms with E-state index in [1.54, 1.807) is 30.5 Å². The number of benzene rings is 3. The number of carbonyl (C=O) groups is 1. The van der Waals surface area contributed by atoms with E-state index < -0.39 is 43.2 Å². The third kappa shape index (κ3) is 11.0. The Kier molecular flexibility index (Phi) is 13.7. The minimum absolute atomic E-state index is 0.0355. The third-order valence-corrected chi connectivity index (χ3v) is 14.9. The molecule has 1 amide bonds. The number of rotatable bonds is 14. The van der Waals surface area contributed by atoms with Crippen LogP contribution in [0.1, 0.15) is 61.0 Å². The summed E-state index contributed by atoms with van der Waals surface area (Å²) in [6.07, 6.45) is 1.77. The number of nitro groups is 1. The first-order chi connectivity index (χ1) is 32.9. The molecule has 9 rings (SSSR count). The van der Waals surface area contributed by atoms with E-state index in [0.717, 1.165) is 54.0 Å². The van der Waals surface area contributed by atoms with Gasteiger partial charge >= 0.3 is 6.18 Å². The summed E-state index contributed by atoms with van der Waals surface area (Å²) >= 11 is 6.54. The van der Waals surface area contributed by atoms with Crippen LogP contribution in [0.15, 0.2) is 89.6 Å². The number of piperazine rings is 1. The molecule has 3 fully saturated rings. The number of anilines is 2. The standard InChI is InChI=1S/C48H52ClF3N8O8S/c1-47(2)12-9-31(39(25-47)37-6-3-32(22-40(37)49)48(50,51)52)28-57-14-16-58(17-15-57)33-4-7-38(43(23-33)68-34-21-30-10-13-53-45(30)55-26-34)46(61)56-69(64,65)36-5-8-41(42(24-36)60(62)63)54-27-35-29-59(18-20-66-35)44-11-19-67-44/h3-8,10,13,21-24,26,35,44,54H,9,11-12,14-20,25,27-29H2,1-2H3,(H,53,55)(H,56,61). The van der Waals surface area contributed by atoms with Crippen molar-refractivity contribution >= 4 is 61.2 Å². The highest BCUT2D eigenvalue weighted by atomic mass is 35.5. The summed E-state index contributed by atoms with van der Waals surface area (Å²) in [7, 11) is -4.65. The Balaban J connectivity index is 0.912. The zero-order valence-electron chi connectivity index (χ0n) is 38.0. The molecule has 3 aliphatic heterocycles. The summed E-state index contributed by atoms with van der Waals surface area (Å²) in [4.78, 5) is 39.1. The predicted octanol–water partition coefficient (Wildman–Crippen LogP) is 8.70. The van der Waals surface area contributed by atoms with Crippen LogP contribution in [-0.4, -0.2) is 117 Å². The Hall–Kier alpha value is -5.77. The Morgan fingerprint density at radius 2 is 1.83 bits per heavy atom. The van der Waals surface area contributed by atoms with Gasteiger partial charge in [-0.1, -0.05) is 37.1 Å². The number of carbonyl (C=O) groups excluding carboxylic acids is 1. The molecule has 21 heteroatoms. The number of halogens is 4. The van der Waals surface area contributed by atoms with Crippen LogP contribution in [0.3, 0.4) is 0 Å². The van der Waals surface area contributed by atoms with E-state index in [-0.39, 0.29) is 52.1 Å². The van der Waals surface area contributed by atoms with Gasteiger partial charge in [-0.15, -0.1) is 0 Å². The molecule has 4 aliphatic rings. The summed E-state index contributed by atoms with van der Waals surface area (Å²) in [5.41, 5.74) is 2.73. The third-order valence-electron chi connectivity index (χ3n) is 13.2. The molecule has 16 nitrogen and oxygen atoms in total. The second-order valence-electron chi connectivity index (χ2n) is 18.6. The molecule has 2 atom stereocenters. The smallest absolute Gasteiger partial charge is 0.416 e. The Morgan fingerprint density at radius 3 is 2.55 bits per heavy atom. The lowest BCUT2D eigenvalue weighted by Crippen LogP contribution is -2.53. The molecule has 2 unspecified atom stereocenters. The van der Waals surface area contributed by atoms with Gasteiger partial charge in [0.15, 0.2) is 0 Å². The molecule has 5 heterocycles. The Labute approximate surface area is 401 Å². The van der Waals surface area contributed by atoms with Crippen molar-refractivity contribution < 1.29 is 45.5 Å². The zero-order valence-corrected chi connectivity index (χ0v) is 39.6. The SMILES string of the molecule is CC1(C)CCC(CN2CCN(c3ccc(C(=O)NS(=O)(=O)c4ccc(NCC5CN(C6CCO6)CCO5)c([N+](=O)[O-])c4)c(Oc4cnc5[nH]ccc5c4)c3)CC2)=C(c2ccc(C(F)(F)F)cc2Cl)C1. The molecule has 366 valence electrons. The normalized spacial score (nSPS) is 20.4. The highest BCUT2D eigenvalue weighted by molar-refractivity contribution is 7.90. The van der Waals surface area contributed by atoms with Crippen LogP contribution < -0.4 is 19.7 Å². The van der Waals surface area contributed by atoms with Crippen molar-refractivity contribution in [3.8, 4) is 11.5 Å². The number of morpholine rings is 1. The van der Waals surface area contributed by atoms with E-state index >= 15 is 0 Å². The summed E-state index contributed by atoms with van der Waals surface area (Å²) < 4.78 is 87.9. The first-order valence-corrected chi connectivity index (χ1v) is 24.6. The van der Waals surface area contributed by atoms with Crippen LogP contribution in [0.25, 0.3) is 16.6 Å². The van der Waals surface area contributed by atoms with Gasteiger partial charge in [0.2, 0.25) is 0 Å². The van der Waals surface area contributed by atoms with Gasteiger partial charge in [-0.25, -0.2) is 18.1 Å². The lowest BCUT2D eigenvalue weighted by atomic mass is 9.72. The average molecular weight is 994 g/mol. The quantitative estimate of drug-likeness (QED) is 0.0710. The molecule has 3 saturated heterocycles. The van der Waals surface area contributed by atoms with Gasteiger partial charge in [0, 0.05) is 93.2 Å². The lowest BCUT2D eigenvalue weighted by Gasteiger charge is -2.42. The van der Waals surface area contributed by atoms with Crippen LogP contribution in [0, 0.1) is 15.5 Å². The summed E-state index contributed by atoms with van der Waals surface area (Å²) in [5, 5.41) is 16.1. The molecule has 0 bridgehead atoms. The topological polar surface area (TPSA) is 184 Å². The van der Waals surface area contributed by atoms with Gasteiger partial charge in [0.25, 0.3) is 21.6 Å². The molecular weight excluding hydrogens is 941 g/mol. The van der Waals surface area contributed by atoms with Gasteiger partial charge < -0.3 is 29.4 Å². The number of hydrogen-bond donors (Lipinski definition) is 3. The van der Waals surface area contributed by atoms with Crippen LogP contribution >= 0.6 is 11.6 Å². The van der Waals surface area contributed by atoms with Crippen LogP contribution in [0.2, 0.25) is 5.02 Å². The fraction of sp³-hybridized carbons (Fsp3) is 0.417. The molecule has 2 aromatic heterocycles. The van der Waals surface area contributed by atoms with Crippen LogP contribution in [0.5, 0.6) is 11.5 Å². The number of aromatic amines is 1. The van der Waals surface area contributed by atoms with E-state index in [0.29, 0.717) is 82.3 Å². The summed E-state index contributed by atoms with van der Waals surface area (Å²) in [5.74, 6) is -0.690. The van der Waals surface area contributed by atoms with E-state index in [4.69, 9.17) is 25.8 Å². The highest BCUT2D eigenvalue weighted by Crippen LogP contribution is 2.46. The van der Waals surface area contributed by atoms with Crippen LogP contribution in [-0.2, 0) is 25.7 Å². The second-order valence-corrected chi connectivity index (χ2v) is 20.7. The minimum Gasteiger partial charge on any atom is -0.455 e. The van der Waals surface area contributed by atoms with Gasteiger partial charge in [-0.05, 0) is 84.3 Å². The number of ether oxygens (including phenoxy) is 3. The zero-order chi connectivity index (χ0) is 48.7. The molecule has 0 saturated carbocycles. The van der Waals surface area contributed by atoms with E-state index in [2.05, 4.69) is 48.6 Å². The number of nitrogens with one attached hydrogen (secondary N) is 3. The molecule has 1 aliphatic carbocycles. The number of nitro benzene ring substituents is 1. The summed E-state index contributed by atoms with van der Waals surface area (Å²) in [6.45, 7) is 10.1. The fourth-order valence-electron chi connectivity index (χ4n) is 9.32. The molecule has 5 aromatic rings. The number of allylic oxidation sites excluding steroid dienone is 1. The number of pyridine rings is 1. The first-order valence-electron chi connectivity index (χ1n) is 22.8. The van der Waals surface area contributed by atoms with Crippen molar-refractivity contribution in [2.45, 2.75) is 62.9 Å². The number of H-pyrrole nitrogens is 1. The van der Waals surface area contributed by atoms with Crippen molar-refractivity contribution in [1.82, 2.24) is 24.5 Å². The van der Waals surface area contributed by atoms with Gasteiger partial charge in [-0.3, -0.25) is 24.7 Å². The predicted molar refractivity (Wildman–Crippen MR) is 254 cm³/mol. The summed E-state index contributed by atoms with van der Waals surface area (Å²) in [6, 6.07) is 15.3. The van der Waals surface area contributed by atoms with Crippen molar-refractivity contribution in [3.63, 3.8) is 0 Å². The number of nitrogens with zero attached hydrogens (tertiary/aromatic N) is 5. The first kappa shape index (κ1) is 48.3. The maximum absolute atomic E-state index is 14.0. The molecular formula is C48H52ClF3N8O8S. The molecule has 0 spiro atoms. The van der Waals surface area contributed by atoms with E-state index in [1.165, 1.54) is 30.5 Å². The number of fused-ring (bicyclic) bond motifs is 1. The van der Waals surface area contributed by atoms with E-state index in [9.17, 15) is 36.5 Å². The maximum Gasteiger partial charge on any atom is 0.416 e. The molecule has 69 heavy (non-hydrogen) atoms. The maximum atomic E-state index is 14.0. The van der Waals surface area contributed by atoms with Gasteiger partial charge in [0.1, 0.15) is 29.1 Å². The lowest BCUT2D eigenvalue weighted by molar-refractivity contribution is -0.384.